The van der Waals surface area contributed by atoms with E-state index in [-0.39, 0.29) is 17.2 Å². The summed E-state index contributed by atoms with van der Waals surface area (Å²) < 4.78 is 5.54. The summed E-state index contributed by atoms with van der Waals surface area (Å²) in [6.07, 6.45) is 1.59. The van der Waals surface area contributed by atoms with Crippen LogP contribution in [0, 0.1) is 0 Å². The molecule has 0 fully saturated rings. The molecule has 1 aliphatic rings. The summed E-state index contributed by atoms with van der Waals surface area (Å²) in [7, 11) is 1.66. The summed E-state index contributed by atoms with van der Waals surface area (Å²) >= 11 is 6.53. The van der Waals surface area contributed by atoms with Crippen LogP contribution in [0.4, 0.5) is 0 Å². The van der Waals surface area contributed by atoms with Crippen molar-refractivity contribution in [2.75, 3.05) is 20.2 Å². The van der Waals surface area contributed by atoms with Crippen LogP contribution in [0.1, 0.15) is 49.2 Å². The SMILES string of the molecule is CCN(CC)C(=O)C1CCC(Cl)c2[nH]c3cccc(OC)c3c21. The number of nitrogens with one attached hydrogen (secondary N) is 1. The number of amides is 1. The molecule has 5 heteroatoms. The van der Waals surface area contributed by atoms with Gasteiger partial charge >= 0.3 is 0 Å². The molecule has 1 amide bonds. The van der Waals surface area contributed by atoms with E-state index in [9.17, 15) is 4.79 Å². The Morgan fingerprint density at radius 3 is 2.74 bits per heavy atom. The van der Waals surface area contributed by atoms with Gasteiger partial charge in [0.1, 0.15) is 5.75 Å². The molecule has 0 saturated carbocycles. The maximum atomic E-state index is 13.0. The number of aromatic nitrogens is 1. The van der Waals surface area contributed by atoms with Crippen LogP contribution in [0.3, 0.4) is 0 Å². The molecule has 2 aromatic rings. The maximum Gasteiger partial charge on any atom is 0.230 e. The minimum absolute atomic E-state index is 0.0807. The number of carbonyl (C=O) groups is 1. The first-order valence-corrected chi connectivity index (χ1v) is 8.67. The second-order valence-corrected chi connectivity index (χ2v) is 6.47. The lowest BCUT2D eigenvalue weighted by molar-refractivity contribution is -0.132. The van der Waals surface area contributed by atoms with Crippen molar-refractivity contribution < 1.29 is 9.53 Å². The molecule has 0 bridgehead atoms. The molecule has 3 rings (SSSR count). The fourth-order valence-electron chi connectivity index (χ4n) is 3.64. The van der Waals surface area contributed by atoms with Gasteiger partial charge in [-0.25, -0.2) is 0 Å². The maximum absolute atomic E-state index is 13.0. The van der Waals surface area contributed by atoms with Crippen molar-refractivity contribution in [3.05, 3.63) is 29.5 Å². The van der Waals surface area contributed by atoms with Crippen molar-refractivity contribution in [3.8, 4) is 5.75 Å². The number of carbonyl (C=O) groups excluding carboxylic acids is 1. The summed E-state index contributed by atoms with van der Waals surface area (Å²) in [4.78, 5) is 18.3. The standard InChI is InChI=1S/C18H23ClN2O2/c1-4-21(5-2)18(22)11-9-10-12(19)17-15(11)16-13(20-17)7-6-8-14(16)23-3/h6-8,11-12,20H,4-5,9-10H2,1-3H3. The van der Waals surface area contributed by atoms with Crippen LogP contribution in [0.5, 0.6) is 5.75 Å². The van der Waals surface area contributed by atoms with Gasteiger partial charge in [0.05, 0.1) is 18.4 Å². The highest BCUT2D eigenvalue weighted by Gasteiger charge is 2.36. The van der Waals surface area contributed by atoms with E-state index in [1.807, 2.05) is 36.9 Å². The van der Waals surface area contributed by atoms with E-state index in [1.165, 1.54) is 0 Å². The predicted molar refractivity (Wildman–Crippen MR) is 93.3 cm³/mol. The number of hydrogen-bond acceptors (Lipinski definition) is 2. The fraction of sp³-hybridized carbons (Fsp3) is 0.500. The van der Waals surface area contributed by atoms with Crippen molar-refractivity contribution in [2.24, 2.45) is 0 Å². The minimum Gasteiger partial charge on any atom is -0.496 e. The molecule has 1 aromatic carbocycles. The average molecular weight is 335 g/mol. The third kappa shape index (κ3) is 2.59. The van der Waals surface area contributed by atoms with Crippen molar-refractivity contribution >= 4 is 28.4 Å². The number of nitrogens with zero attached hydrogens (tertiary/aromatic N) is 1. The Kier molecular flexibility index (Phi) is 4.53. The summed E-state index contributed by atoms with van der Waals surface area (Å²) in [5, 5.41) is 0.920. The van der Waals surface area contributed by atoms with Gasteiger partial charge in [-0.2, -0.15) is 0 Å². The zero-order chi connectivity index (χ0) is 16.6. The number of likely N-dealkylation sites (N-methyl/N-ethyl adjacent to an activating group) is 1. The van der Waals surface area contributed by atoms with E-state index in [1.54, 1.807) is 7.11 Å². The number of H-pyrrole nitrogens is 1. The number of methoxy groups -OCH3 is 1. The number of benzene rings is 1. The smallest absolute Gasteiger partial charge is 0.230 e. The van der Waals surface area contributed by atoms with Crippen LogP contribution < -0.4 is 4.74 Å². The van der Waals surface area contributed by atoms with Crippen molar-refractivity contribution in [3.63, 3.8) is 0 Å². The first-order valence-electron chi connectivity index (χ1n) is 8.23. The van der Waals surface area contributed by atoms with E-state index < -0.39 is 0 Å². The largest absolute Gasteiger partial charge is 0.496 e. The van der Waals surface area contributed by atoms with Crippen LogP contribution >= 0.6 is 11.6 Å². The highest BCUT2D eigenvalue weighted by atomic mass is 35.5. The van der Waals surface area contributed by atoms with Crippen molar-refractivity contribution in [1.29, 1.82) is 0 Å². The Balaban J connectivity index is 2.18. The Morgan fingerprint density at radius 2 is 2.09 bits per heavy atom. The zero-order valence-corrected chi connectivity index (χ0v) is 14.6. The topological polar surface area (TPSA) is 45.3 Å². The zero-order valence-electron chi connectivity index (χ0n) is 13.9. The molecular weight excluding hydrogens is 312 g/mol. The first kappa shape index (κ1) is 16.2. The normalized spacial score (nSPS) is 20.3. The number of rotatable bonds is 4. The van der Waals surface area contributed by atoms with Crippen molar-refractivity contribution in [2.45, 2.75) is 38.0 Å². The molecule has 2 atom stereocenters. The molecule has 1 aromatic heterocycles. The van der Waals surface area contributed by atoms with Gasteiger partial charge in [0.2, 0.25) is 5.91 Å². The quantitative estimate of drug-likeness (QED) is 0.851. The third-order valence-electron chi connectivity index (χ3n) is 4.82. The molecular formula is C18H23ClN2O2. The lowest BCUT2D eigenvalue weighted by Crippen LogP contribution is -2.36. The number of ether oxygens (including phenoxy) is 1. The Morgan fingerprint density at radius 1 is 1.35 bits per heavy atom. The molecule has 1 aliphatic carbocycles. The molecule has 2 unspecified atom stereocenters. The summed E-state index contributed by atoms with van der Waals surface area (Å²) in [6.45, 7) is 5.49. The Labute approximate surface area is 141 Å². The molecule has 124 valence electrons. The second-order valence-electron chi connectivity index (χ2n) is 5.94. The highest BCUT2D eigenvalue weighted by Crippen LogP contribution is 2.47. The number of fused-ring (bicyclic) bond motifs is 3. The van der Waals surface area contributed by atoms with Crippen LogP contribution in [0.15, 0.2) is 18.2 Å². The molecule has 1 N–H and O–H groups in total. The van der Waals surface area contributed by atoms with Gasteiger partial charge in [-0.15, -0.1) is 11.6 Å². The van der Waals surface area contributed by atoms with Gasteiger partial charge in [0, 0.05) is 29.7 Å². The number of hydrogen-bond donors (Lipinski definition) is 1. The van der Waals surface area contributed by atoms with Gasteiger partial charge in [0.25, 0.3) is 0 Å². The third-order valence-corrected chi connectivity index (χ3v) is 5.26. The number of halogens is 1. The summed E-state index contributed by atoms with van der Waals surface area (Å²) in [6, 6.07) is 5.90. The van der Waals surface area contributed by atoms with Gasteiger partial charge in [-0.3, -0.25) is 4.79 Å². The Bertz CT molecular complexity index is 721. The van der Waals surface area contributed by atoms with Gasteiger partial charge in [0.15, 0.2) is 0 Å². The van der Waals surface area contributed by atoms with E-state index in [0.717, 1.165) is 53.8 Å². The van der Waals surface area contributed by atoms with Gasteiger partial charge in [-0.1, -0.05) is 6.07 Å². The number of aromatic amines is 1. The van der Waals surface area contributed by atoms with Crippen LogP contribution in [0.2, 0.25) is 0 Å². The molecule has 0 saturated heterocycles. The van der Waals surface area contributed by atoms with Gasteiger partial charge in [-0.05, 0) is 44.4 Å². The molecule has 23 heavy (non-hydrogen) atoms. The summed E-state index contributed by atoms with van der Waals surface area (Å²) in [5.41, 5.74) is 2.99. The van der Waals surface area contributed by atoms with E-state index in [4.69, 9.17) is 16.3 Å². The average Bonchev–Trinajstić information content (AvgIpc) is 2.97. The first-order chi connectivity index (χ1) is 11.1. The highest BCUT2D eigenvalue weighted by molar-refractivity contribution is 6.21. The van der Waals surface area contributed by atoms with E-state index >= 15 is 0 Å². The molecule has 0 aliphatic heterocycles. The van der Waals surface area contributed by atoms with E-state index in [2.05, 4.69) is 4.98 Å². The lowest BCUT2D eigenvalue weighted by atomic mass is 9.83. The predicted octanol–water partition coefficient (Wildman–Crippen LogP) is 4.20. The second kappa shape index (κ2) is 6.44. The van der Waals surface area contributed by atoms with E-state index in [0.29, 0.717) is 0 Å². The molecule has 0 spiro atoms. The fourth-order valence-corrected chi connectivity index (χ4v) is 3.94. The van der Waals surface area contributed by atoms with Crippen LogP contribution in [-0.2, 0) is 4.79 Å². The monoisotopic (exact) mass is 334 g/mol. The van der Waals surface area contributed by atoms with Crippen LogP contribution in [0.25, 0.3) is 10.9 Å². The minimum atomic E-state index is -0.148. The Hall–Kier alpha value is -1.68. The molecule has 1 heterocycles. The summed E-state index contributed by atoms with van der Waals surface area (Å²) in [5.74, 6) is 0.833. The van der Waals surface area contributed by atoms with Crippen LogP contribution in [-0.4, -0.2) is 36.0 Å². The van der Waals surface area contributed by atoms with Crippen molar-refractivity contribution in [1.82, 2.24) is 9.88 Å². The molecule has 0 radical (unpaired) electrons. The molecule has 4 nitrogen and oxygen atoms in total. The lowest BCUT2D eigenvalue weighted by Gasteiger charge is -2.30. The van der Waals surface area contributed by atoms with Gasteiger partial charge < -0.3 is 14.6 Å². The number of alkyl halides is 1.